The van der Waals surface area contributed by atoms with Crippen molar-refractivity contribution >= 4 is 41.3 Å². The lowest BCUT2D eigenvalue weighted by molar-refractivity contribution is -0.0390. The van der Waals surface area contributed by atoms with Gasteiger partial charge in [-0.2, -0.15) is 0 Å². The maximum absolute atomic E-state index is 7.32. The van der Waals surface area contributed by atoms with Crippen LogP contribution in [0.25, 0.3) is 0 Å². The SMILES string of the molecule is CO[C@@H]1C[C@H](CI)CC[C@H]1O[Si](c1ccccc1)(c1ccccc1)C(C)(C)C. The third kappa shape index (κ3) is 4.40. The van der Waals surface area contributed by atoms with Crippen LogP contribution in [-0.4, -0.2) is 32.1 Å². The van der Waals surface area contributed by atoms with Crippen molar-refractivity contribution in [3.8, 4) is 0 Å². The second-order valence-corrected chi connectivity index (χ2v) is 14.1. The van der Waals surface area contributed by atoms with Gasteiger partial charge in [-0.3, -0.25) is 0 Å². The van der Waals surface area contributed by atoms with Gasteiger partial charge in [0.05, 0.1) is 12.2 Å². The van der Waals surface area contributed by atoms with E-state index in [0.717, 1.165) is 18.8 Å². The lowest BCUT2D eigenvalue weighted by Gasteiger charge is -2.47. The third-order valence-electron chi connectivity index (χ3n) is 6.11. The Balaban J connectivity index is 2.09. The Labute approximate surface area is 185 Å². The largest absolute Gasteiger partial charge is 0.402 e. The highest BCUT2D eigenvalue weighted by Crippen LogP contribution is 2.40. The minimum absolute atomic E-state index is 0.00805. The summed E-state index contributed by atoms with van der Waals surface area (Å²) in [5.41, 5.74) is 0. The summed E-state index contributed by atoms with van der Waals surface area (Å²) in [6, 6.07) is 21.9. The molecule has 0 spiro atoms. The summed E-state index contributed by atoms with van der Waals surface area (Å²) in [6.45, 7) is 7.03. The van der Waals surface area contributed by atoms with Crippen molar-refractivity contribution in [2.24, 2.45) is 5.92 Å². The van der Waals surface area contributed by atoms with Gasteiger partial charge in [-0.25, -0.2) is 0 Å². The molecule has 0 aliphatic heterocycles. The first-order chi connectivity index (χ1) is 13.4. The molecule has 1 aliphatic carbocycles. The Morgan fingerprint density at radius 3 is 1.86 bits per heavy atom. The summed E-state index contributed by atoms with van der Waals surface area (Å²) in [7, 11) is -0.660. The molecule has 152 valence electrons. The number of hydrogen-bond donors (Lipinski definition) is 0. The molecule has 1 fully saturated rings. The molecule has 3 atom stereocenters. The first-order valence-corrected chi connectivity index (χ1v) is 13.7. The van der Waals surface area contributed by atoms with Gasteiger partial charge >= 0.3 is 0 Å². The van der Waals surface area contributed by atoms with Crippen LogP contribution in [0.15, 0.2) is 60.7 Å². The van der Waals surface area contributed by atoms with Crippen LogP contribution < -0.4 is 10.4 Å². The molecule has 0 saturated heterocycles. The zero-order valence-corrected chi connectivity index (χ0v) is 20.7. The fraction of sp³-hybridized carbons (Fsp3) is 0.500. The van der Waals surface area contributed by atoms with Crippen LogP contribution in [0, 0.1) is 5.92 Å². The fourth-order valence-corrected chi connectivity index (χ4v) is 10.2. The van der Waals surface area contributed by atoms with Crippen molar-refractivity contribution in [3.63, 3.8) is 0 Å². The molecule has 0 amide bonds. The van der Waals surface area contributed by atoms with Gasteiger partial charge in [0, 0.05) is 11.5 Å². The van der Waals surface area contributed by atoms with Crippen LogP contribution in [0.1, 0.15) is 40.0 Å². The first kappa shape index (κ1) is 22.0. The summed E-state index contributed by atoms with van der Waals surface area (Å²) < 4.78 is 14.5. The highest BCUT2D eigenvalue weighted by atomic mass is 127. The van der Waals surface area contributed by atoms with E-state index < -0.39 is 8.32 Å². The molecule has 1 saturated carbocycles. The zero-order chi connectivity index (χ0) is 20.2. The molecule has 0 N–H and O–H groups in total. The highest BCUT2D eigenvalue weighted by molar-refractivity contribution is 14.1. The van der Waals surface area contributed by atoms with E-state index in [1.807, 2.05) is 7.11 Å². The average Bonchev–Trinajstić information content (AvgIpc) is 2.72. The van der Waals surface area contributed by atoms with Gasteiger partial charge in [0.25, 0.3) is 8.32 Å². The van der Waals surface area contributed by atoms with Crippen LogP contribution in [0.3, 0.4) is 0 Å². The molecule has 0 radical (unpaired) electrons. The van der Waals surface area contributed by atoms with E-state index in [-0.39, 0.29) is 17.2 Å². The predicted octanol–water partition coefficient (Wildman–Crippen LogP) is 5.18. The molecular weight excluding hydrogens is 475 g/mol. The maximum Gasteiger partial charge on any atom is 0.261 e. The van der Waals surface area contributed by atoms with Crippen molar-refractivity contribution in [1.29, 1.82) is 0 Å². The lowest BCUT2D eigenvalue weighted by Crippen LogP contribution is -2.68. The monoisotopic (exact) mass is 508 g/mol. The Bertz CT molecular complexity index is 690. The fourth-order valence-electron chi connectivity index (χ4n) is 4.63. The lowest BCUT2D eigenvalue weighted by atomic mass is 9.86. The number of methoxy groups -OCH3 is 1. The van der Waals surface area contributed by atoms with Gasteiger partial charge in [0.1, 0.15) is 0 Å². The molecule has 2 aromatic carbocycles. The van der Waals surface area contributed by atoms with Crippen molar-refractivity contribution < 1.29 is 9.16 Å². The molecule has 0 aromatic heterocycles. The topological polar surface area (TPSA) is 18.5 Å². The van der Waals surface area contributed by atoms with Crippen LogP contribution in [-0.2, 0) is 9.16 Å². The molecule has 2 aromatic rings. The molecule has 0 unspecified atom stereocenters. The summed E-state index contributed by atoms with van der Waals surface area (Å²) >= 11 is 2.51. The van der Waals surface area contributed by atoms with E-state index in [0.29, 0.717) is 0 Å². The predicted molar refractivity (Wildman–Crippen MR) is 130 cm³/mol. The van der Waals surface area contributed by atoms with Crippen LogP contribution in [0.5, 0.6) is 0 Å². The van der Waals surface area contributed by atoms with E-state index in [9.17, 15) is 0 Å². The van der Waals surface area contributed by atoms with E-state index in [4.69, 9.17) is 9.16 Å². The van der Waals surface area contributed by atoms with Crippen LogP contribution in [0.2, 0.25) is 5.04 Å². The first-order valence-electron chi connectivity index (χ1n) is 10.3. The summed E-state index contributed by atoms with van der Waals surface area (Å²) in [5, 5.41) is 2.70. The van der Waals surface area contributed by atoms with E-state index >= 15 is 0 Å². The van der Waals surface area contributed by atoms with Crippen molar-refractivity contribution in [1.82, 2.24) is 0 Å². The number of ether oxygens (including phenoxy) is 1. The molecule has 0 bridgehead atoms. The molecular formula is C24H33IO2Si. The Hall–Kier alpha value is -0.693. The number of hydrogen-bond acceptors (Lipinski definition) is 2. The molecule has 1 aliphatic rings. The summed E-state index contributed by atoms with van der Waals surface area (Å²) in [5.74, 6) is 0.740. The number of alkyl halides is 1. The average molecular weight is 509 g/mol. The minimum atomic E-state index is -2.51. The second-order valence-electron chi connectivity index (χ2n) is 8.93. The second kappa shape index (κ2) is 9.41. The molecule has 0 heterocycles. The van der Waals surface area contributed by atoms with Crippen molar-refractivity contribution in [3.05, 3.63) is 60.7 Å². The normalized spacial score (nSPS) is 23.5. The number of halogens is 1. The Kier molecular flexibility index (Phi) is 7.40. The molecule has 4 heteroatoms. The molecule has 2 nitrogen and oxygen atoms in total. The van der Waals surface area contributed by atoms with Gasteiger partial charge in [0.15, 0.2) is 0 Å². The molecule has 28 heavy (non-hydrogen) atoms. The summed E-state index contributed by atoms with van der Waals surface area (Å²) in [6.07, 6.45) is 3.73. The van der Waals surface area contributed by atoms with Crippen LogP contribution >= 0.6 is 22.6 Å². The van der Waals surface area contributed by atoms with Crippen molar-refractivity contribution in [2.75, 3.05) is 11.5 Å². The summed E-state index contributed by atoms with van der Waals surface area (Å²) in [4.78, 5) is 0. The van der Waals surface area contributed by atoms with E-state index in [1.165, 1.54) is 21.2 Å². The van der Waals surface area contributed by atoms with Crippen molar-refractivity contribution in [2.45, 2.75) is 57.3 Å². The van der Waals surface area contributed by atoms with Gasteiger partial charge in [-0.15, -0.1) is 0 Å². The molecule has 3 rings (SSSR count). The Morgan fingerprint density at radius 1 is 0.893 bits per heavy atom. The van der Waals surface area contributed by atoms with E-state index in [1.54, 1.807) is 0 Å². The van der Waals surface area contributed by atoms with E-state index in [2.05, 4.69) is 104 Å². The zero-order valence-electron chi connectivity index (χ0n) is 17.5. The van der Waals surface area contributed by atoms with Gasteiger partial charge < -0.3 is 9.16 Å². The minimum Gasteiger partial charge on any atom is -0.402 e. The standard InChI is InChI=1S/C24H33IO2Si/c1-24(2,3)28(20-11-7-5-8-12-20,21-13-9-6-10-14-21)27-22-16-15-19(18-25)17-23(22)26-4/h5-14,19,22-23H,15-18H2,1-4H3/t19-,22-,23-/m1/s1. The third-order valence-corrected chi connectivity index (χ3v) is 12.4. The van der Waals surface area contributed by atoms with Gasteiger partial charge in [0.2, 0.25) is 0 Å². The smallest absolute Gasteiger partial charge is 0.261 e. The number of rotatable bonds is 6. The van der Waals surface area contributed by atoms with Gasteiger partial charge in [-0.1, -0.05) is 104 Å². The maximum atomic E-state index is 7.32. The quantitative estimate of drug-likeness (QED) is 0.304. The highest BCUT2D eigenvalue weighted by Gasteiger charge is 2.52. The number of benzene rings is 2. The Morgan fingerprint density at radius 2 is 1.43 bits per heavy atom. The van der Waals surface area contributed by atoms with Crippen LogP contribution in [0.4, 0.5) is 0 Å². The van der Waals surface area contributed by atoms with Gasteiger partial charge in [-0.05, 0) is 40.6 Å².